The summed E-state index contributed by atoms with van der Waals surface area (Å²) in [5.74, 6) is -4.00. The number of rotatable bonds is 3. The van der Waals surface area contributed by atoms with E-state index in [-0.39, 0.29) is 23.4 Å². The van der Waals surface area contributed by atoms with Gasteiger partial charge < -0.3 is 19.5 Å². The molecule has 0 aromatic heterocycles. The van der Waals surface area contributed by atoms with Gasteiger partial charge in [-0.1, -0.05) is 0 Å². The van der Waals surface area contributed by atoms with Crippen LogP contribution in [0, 0.1) is 11.3 Å². The number of nitriles is 1. The van der Waals surface area contributed by atoms with Crippen LogP contribution in [0.15, 0.2) is 12.1 Å². The lowest BCUT2D eigenvalue weighted by Crippen LogP contribution is -2.52. The summed E-state index contributed by atoms with van der Waals surface area (Å²) in [4.78, 5) is 13.4. The molecular weight excluding hydrogens is 360 g/mol. The normalized spacial score (nSPS) is 19.8. The van der Waals surface area contributed by atoms with E-state index in [1.807, 2.05) is 0 Å². The summed E-state index contributed by atoms with van der Waals surface area (Å²) in [6.45, 7) is 4.91. The Morgan fingerprint density at radius 3 is 2.67 bits per heavy atom. The number of hydrogen-bond acceptors (Lipinski definition) is 6. The molecule has 0 saturated carbocycles. The highest BCUT2D eigenvalue weighted by atomic mass is 19.3. The first-order valence-electron chi connectivity index (χ1n) is 8.42. The summed E-state index contributed by atoms with van der Waals surface area (Å²) < 4.78 is 39.0. The largest absolute Gasteiger partial charge is 0.504 e. The number of anilines is 1. The molecule has 9 heteroatoms. The van der Waals surface area contributed by atoms with Crippen LogP contribution in [0.3, 0.4) is 0 Å². The van der Waals surface area contributed by atoms with Crippen molar-refractivity contribution in [3.05, 3.63) is 17.7 Å². The van der Waals surface area contributed by atoms with E-state index in [9.17, 15) is 23.9 Å². The molecule has 7 nitrogen and oxygen atoms in total. The highest BCUT2D eigenvalue weighted by Gasteiger charge is 2.46. The van der Waals surface area contributed by atoms with E-state index in [1.165, 1.54) is 11.0 Å². The number of carbonyl (C=O) groups excluding carboxylic acids is 1. The molecule has 1 fully saturated rings. The summed E-state index contributed by atoms with van der Waals surface area (Å²) in [7, 11) is 1.58. The van der Waals surface area contributed by atoms with Crippen molar-refractivity contribution in [1.29, 1.82) is 5.26 Å². The van der Waals surface area contributed by atoms with Crippen LogP contribution in [0.4, 0.5) is 19.3 Å². The van der Waals surface area contributed by atoms with Crippen molar-refractivity contribution in [3.63, 3.8) is 0 Å². The van der Waals surface area contributed by atoms with Gasteiger partial charge in [-0.05, 0) is 40.0 Å². The van der Waals surface area contributed by atoms with Crippen molar-refractivity contribution in [3.8, 4) is 17.6 Å². The Kier molecular flexibility index (Phi) is 5.80. The zero-order valence-electron chi connectivity index (χ0n) is 15.7. The monoisotopic (exact) mass is 383 g/mol. The number of carbonyl (C=O) groups is 1. The van der Waals surface area contributed by atoms with E-state index < -0.39 is 36.0 Å². The molecule has 0 spiro atoms. The molecule has 1 aromatic carbocycles. The Balaban J connectivity index is 2.29. The maximum Gasteiger partial charge on any atom is 0.412 e. The Labute approximate surface area is 156 Å². The van der Waals surface area contributed by atoms with Gasteiger partial charge in [0.15, 0.2) is 17.6 Å². The van der Waals surface area contributed by atoms with Gasteiger partial charge in [0, 0.05) is 13.0 Å². The van der Waals surface area contributed by atoms with Gasteiger partial charge in [-0.2, -0.15) is 5.26 Å². The third-order valence-electron chi connectivity index (χ3n) is 3.87. The summed E-state index contributed by atoms with van der Waals surface area (Å²) >= 11 is 0. The van der Waals surface area contributed by atoms with Gasteiger partial charge in [-0.15, -0.1) is 0 Å². The van der Waals surface area contributed by atoms with Crippen LogP contribution in [-0.2, 0) is 4.74 Å². The molecule has 1 aliphatic rings. The fraction of sp³-hybridized carbons (Fsp3) is 0.556. The van der Waals surface area contributed by atoms with Crippen LogP contribution < -0.4 is 10.1 Å². The van der Waals surface area contributed by atoms with Crippen LogP contribution in [0.5, 0.6) is 11.5 Å². The topological polar surface area (TPSA) is 94.8 Å². The number of amides is 1. The van der Waals surface area contributed by atoms with Crippen molar-refractivity contribution >= 4 is 11.8 Å². The number of likely N-dealkylation sites (tertiary alicyclic amines) is 1. The van der Waals surface area contributed by atoms with E-state index in [0.717, 1.165) is 6.07 Å². The molecular formula is C18H23F2N3O4. The fourth-order valence-corrected chi connectivity index (χ4v) is 2.70. The molecule has 1 unspecified atom stereocenters. The van der Waals surface area contributed by atoms with Crippen LogP contribution in [0.25, 0.3) is 0 Å². The molecule has 148 valence electrons. The van der Waals surface area contributed by atoms with Crippen molar-refractivity contribution in [1.82, 2.24) is 4.90 Å². The Bertz CT molecular complexity index is 756. The van der Waals surface area contributed by atoms with Crippen LogP contribution in [-0.4, -0.2) is 53.9 Å². The number of phenolic OH excluding ortho intramolecular Hbond substituents is 1. The van der Waals surface area contributed by atoms with E-state index in [2.05, 4.69) is 5.32 Å². The predicted molar refractivity (Wildman–Crippen MR) is 94.2 cm³/mol. The first-order chi connectivity index (χ1) is 12.4. The smallest absolute Gasteiger partial charge is 0.412 e. The molecule has 2 N–H and O–H groups in total. The lowest BCUT2D eigenvalue weighted by molar-refractivity contribution is -0.135. The van der Waals surface area contributed by atoms with E-state index in [4.69, 9.17) is 9.47 Å². The minimum absolute atomic E-state index is 0.00389. The molecule has 1 heterocycles. The zero-order chi connectivity index (χ0) is 20.4. The summed E-state index contributed by atoms with van der Waals surface area (Å²) in [6.07, 6.45) is -2.29. The molecule has 2 rings (SSSR count). The van der Waals surface area contributed by atoms with Crippen molar-refractivity contribution in [2.75, 3.05) is 25.5 Å². The fourth-order valence-electron chi connectivity index (χ4n) is 2.70. The molecule has 1 aliphatic heterocycles. The standard InChI is InChI=1S/C18H23F2N3O4/c1-17(2,3)27-16(25)22-12-5-6-13(24)15(11(12)9-21)26-14-7-8-23(4)10-18(14,19)20/h5-6,14,24H,7-8,10H2,1-4H3,(H,22,25). The van der Waals surface area contributed by atoms with Gasteiger partial charge in [-0.25, -0.2) is 13.6 Å². The third kappa shape index (κ3) is 5.20. The van der Waals surface area contributed by atoms with Gasteiger partial charge in [0.2, 0.25) is 0 Å². The SMILES string of the molecule is CN1CCC(Oc2c(O)ccc(NC(=O)OC(C)(C)C)c2C#N)C(F)(F)C1. The zero-order valence-corrected chi connectivity index (χ0v) is 15.7. The van der Waals surface area contributed by atoms with E-state index in [0.29, 0.717) is 6.54 Å². The predicted octanol–water partition coefficient (Wildman–Crippen LogP) is 3.33. The first kappa shape index (κ1) is 20.7. The Morgan fingerprint density at radius 2 is 2.11 bits per heavy atom. The van der Waals surface area contributed by atoms with Crippen LogP contribution >= 0.6 is 0 Å². The summed E-state index contributed by atoms with van der Waals surface area (Å²) in [5, 5.41) is 21.9. The molecule has 0 radical (unpaired) electrons. The molecule has 1 amide bonds. The lowest BCUT2D eigenvalue weighted by Gasteiger charge is -2.36. The second-order valence-corrected chi connectivity index (χ2v) is 7.47. The number of alkyl halides is 2. The molecule has 1 aromatic rings. The van der Waals surface area contributed by atoms with Crippen LogP contribution in [0.1, 0.15) is 32.8 Å². The molecule has 27 heavy (non-hydrogen) atoms. The third-order valence-corrected chi connectivity index (χ3v) is 3.87. The number of aromatic hydroxyl groups is 1. The molecule has 1 saturated heterocycles. The highest BCUT2D eigenvalue weighted by Crippen LogP contribution is 2.39. The van der Waals surface area contributed by atoms with Crippen molar-refractivity contribution < 1.29 is 28.2 Å². The molecule has 0 aliphatic carbocycles. The maximum atomic E-state index is 14.2. The van der Waals surface area contributed by atoms with E-state index in [1.54, 1.807) is 33.9 Å². The van der Waals surface area contributed by atoms with Gasteiger partial charge >= 0.3 is 6.09 Å². The second-order valence-electron chi connectivity index (χ2n) is 7.47. The Hall–Kier alpha value is -2.60. The van der Waals surface area contributed by atoms with Crippen molar-refractivity contribution in [2.24, 2.45) is 0 Å². The number of ether oxygens (including phenoxy) is 2. The first-order valence-corrected chi connectivity index (χ1v) is 8.42. The number of hydrogen-bond donors (Lipinski definition) is 2. The number of halogens is 2. The number of phenols is 1. The average Bonchev–Trinajstić information content (AvgIpc) is 2.50. The van der Waals surface area contributed by atoms with Crippen LogP contribution in [0.2, 0.25) is 0 Å². The number of piperidine rings is 1. The second kappa shape index (κ2) is 7.56. The quantitative estimate of drug-likeness (QED) is 0.778. The van der Waals surface area contributed by atoms with Gasteiger partial charge in [-0.3, -0.25) is 5.32 Å². The van der Waals surface area contributed by atoms with Gasteiger partial charge in [0.1, 0.15) is 17.2 Å². The van der Waals surface area contributed by atoms with Gasteiger partial charge in [0.05, 0.1) is 12.2 Å². The summed E-state index contributed by atoms with van der Waals surface area (Å²) in [6, 6.07) is 4.23. The van der Waals surface area contributed by atoms with E-state index >= 15 is 0 Å². The lowest BCUT2D eigenvalue weighted by atomic mass is 10.0. The minimum atomic E-state index is -3.15. The average molecular weight is 383 g/mol. The number of benzene rings is 1. The minimum Gasteiger partial charge on any atom is -0.504 e. The molecule has 1 atom stereocenters. The maximum absolute atomic E-state index is 14.2. The highest BCUT2D eigenvalue weighted by molar-refractivity contribution is 5.88. The molecule has 0 bridgehead atoms. The number of nitrogens with one attached hydrogen (secondary N) is 1. The number of nitrogens with zero attached hydrogens (tertiary/aromatic N) is 2. The summed E-state index contributed by atoms with van der Waals surface area (Å²) in [5.41, 5.74) is -1.02. The van der Waals surface area contributed by atoms with Crippen molar-refractivity contribution in [2.45, 2.75) is 44.8 Å². The van der Waals surface area contributed by atoms with Gasteiger partial charge in [0.25, 0.3) is 5.92 Å². The Morgan fingerprint density at radius 1 is 1.44 bits per heavy atom.